The van der Waals surface area contributed by atoms with Gasteiger partial charge >= 0.3 is 0 Å². The molecule has 9 heteroatoms. The van der Waals surface area contributed by atoms with Gasteiger partial charge in [-0.1, -0.05) is 12.1 Å². The summed E-state index contributed by atoms with van der Waals surface area (Å²) in [5.74, 6) is 1.32. The zero-order valence-corrected chi connectivity index (χ0v) is 18.4. The molecule has 0 bridgehead atoms. The average molecular weight is 437 g/mol. The molecule has 8 nitrogen and oxygen atoms in total. The highest BCUT2D eigenvalue weighted by Gasteiger charge is 2.18. The van der Waals surface area contributed by atoms with Gasteiger partial charge in [-0.25, -0.2) is 13.4 Å². The van der Waals surface area contributed by atoms with Crippen molar-refractivity contribution >= 4 is 33.2 Å². The molecule has 1 aromatic heterocycles. The van der Waals surface area contributed by atoms with Gasteiger partial charge in [-0.2, -0.15) is 10.2 Å². The number of hydrogen-bond acceptors (Lipinski definition) is 7. The van der Waals surface area contributed by atoms with Crippen molar-refractivity contribution in [2.75, 3.05) is 28.0 Å². The summed E-state index contributed by atoms with van der Waals surface area (Å²) in [5.41, 5.74) is 2.04. The number of sulfonamides is 1. The molecule has 31 heavy (non-hydrogen) atoms. The SMILES string of the molecule is CCN(CC)c1cc(C)nc(Nc2ccc(NS(=O)(=O)c3ccccc3C#N)cc2)n1. The Morgan fingerprint density at radius 3 is 2.29 bits per heavy atom. The number of aromatic nitrogens is 2. The molecule has 0 radical (unpaired) electrons. The van der Waals surface area contributed by atoms with E-state index in [4.69, 9.17) is 5.26 Å². The molecule has 3 rings (SSSR count). The Kier molecular flexibility index (Phi) is 6.72. The Hall–Kier alpha value is -3.64. The van der Waals surface area contributed by atoms with E-state index in [-0.39, 0.29) is 10.5 Å². The van der Waals surface area contributed by atoms with Gasteiger partial charge in [0, 0.05) is 36.2 Å². The Bertz CT molecular complexity index is 1200. The lowest BCUT2D eigenvalue weighted by Gasteiger charge is -2.20. The third-order valence-electron chi connectivity index (χ3n) is 4.62. The molecule has 0 unspecified atom stereocenters. The van der Waals surface area contributed by atoms with Crippen LogP contribution in [0.3, 0.4) is 0 Å². The van der Waals surface area contributed by atoms with Crippen LogP contribution in [-0.4, -0.2) is 31.5 Å². The van der Waals surface area contributed by atoms with Crippen LogP contribution in [0, 0.1) is 18.3 Å². The molecule has 1 heterocycles. The highest BCUT2D eigenvalue weighted by Crippen LogP contribution is 2.23. The van der Waals surface area contributed by atoms with Crippen molar-refractivity contribution in [1.29, 1.82) is 5.26 Å². The summed E-state index contributed by atoms with van der Waals surface area (Å²) in [6.45, 7) is 7.74. The first kappa shape index (κ1) is 22.1. The van der Waals surface area contributed by atoms with E-state index in [1.165, 1.54) is 12.1 Å². The number of aryl methyl sites for hydroxylation is 1. The first-order valence-corrected chi connectivity index (χ1v) is 11.3. The van der Waals surface area contributed by atoms with Gasteiger partial charge in [0.1, 0.15) is 16.8 Å². The van der Waals surface area contributed by atoms with Crippen LogP contribution in [0.15, 0.2) is 59.5 Å². The molecule has 2 N–H and O–H groups in total. The predicted molar refractivity (Wildman–Crippen MR) is 122 cm³/mol. The van der Waals surface area contributed by atoms with Gasteiger partial charge in [0.05, 0.1) is 5.56 Å². The fourth-order valence-electron chi connectivity index (χ4n) is 3.07. The Morgan fingerprint density at radius 1 is 1.00 bits per heavy atom. The minimum Gasteiger partial charge on any atom is -0.357 e. The molecule has 0 spiro atoms. The van der Waals surface area contributed by atoms with E-state index in [2.05, 4.69) is 38.8 Å². The normalized spacial score (nSPS) is 10.9. The number of nitrogens with one attached hydrogen (secondary N) is 2. The van der Waals surface area contributed by atoms with E-state index in [9.17, 15) is 8.42 Å². The van der Waals surface area contributed by atoms with Crippen LogP contribution in [0.4, 0.5) is 23.1 Å². The lowest BCUT2D eigenvalue weighted by molar-refractivity contribution is 0.601. The van der Waals surface area contributed by atoms with Gasteiger partial charge in [-0.15, -0.1) is 0 Å². The fraction of sp³-hybridized carbons (Fsp3) is 0.227. The smallest absolute Gasteiger partial charge is 0.263 e. The molecule has 0 amide bonds. The predicted octanol–water partition coefficient (Wildman–Crippen LogP) is 4.05. The second kappa shape index (κ2) is 9.45. The van der Waals surface area contributed by atoms with Crippen molar-refractivity contribution in [3.63, 3.8) is 0 Å². The lowest BCUT2D eigenvalue weighted by atomic mass is 10.2. The molecule has 3 aromatic rings. The quantitative estimate of drug-likeness (QED) is 0.548. The molecule has 0 aliphatic carbocycles. The van der Waals surface area contributed by atoms with Gasteiger partial charge in [0.25, 0.3) is 10.0 Å². The van der Waals surface area contributed by atoms with Crippen molar-refractivity contribution in [2.45, 2.75) is 25.7 Å². The number of nitriles is 1. The fourth-order valence-corrected chi connectivity index (χ4v) is 4.29. The van der Waals surface area contributed by atoms with Gasteiger partial charge in [0.2, 0.25) is 5.95 Å². The molecule has 0 saturated carbocycles. The van der Waals surface area contributed by atoms with E-state index in [0.29, 0.717) is 11.6 Å². The summed E-state index contributed by atoms with van der Waals surface area (Å²) in [6.07, 6.45) is 0. The van der Waals surface area contributed by atoms with Crippen LogP contribution >= 0.6 is 0 Å². The summed E-state index contributed by atoms with van der Waals surface area (Å²) in [5, 5.41) is 12.3. The van der Waals surface area contributed by atoms with Crippen molar-refractivity contribution in [3.8, 4) is 6.07 Å². The van der Waals surface area contributed by atoms with E-state index >= 15 is 0 Å². The van der Waals surface area contributed by atoms with Gasteiger partial charge < -0.3 is 10.2 Å². The number of hydrogen-bond donors (Lipinski definition) is 2. The second-order valence-electron chi connectivity index (χ2n) is 6.78. The molecule has 2 aromatic carbocycles. The average Bonchev–Trinajstić information content (AvgIpc) is 2.75. The third kappa shape index (κ3) is 5.29. The minimum absolute atomic E-state index is 0.0585. The number of anilines is 4. The standard InChI is InChI=1S/C22H24N6O2S/c1-4-28(5-2)21-14-16(3)24-22(26-21)25-18-10-12-19(13-11-18)27-31(29,30)20-9-7-6-8-17(20)15-23/h6-14,27H,4-5H2,1-3H3,(H,24,25,26). The first-order chi connectivity index (χ1) is 14.9. The maximum atomic E-state index is 12.7. The summed E-state index contributed by atoms with van der Waals surface area (Å²) in [6, 6.07) is 16.7. The Balaban J connectivity index is 1.78. The van der Waals surface area contributed by atoms with Crippen LogP contribution in [-0.2, 0) is 10.0 Å². The zero-order chi connectivity index (χ0) is 22.4. The molecule has 0 fully saturated rings. The first-order valence-electron chi connectivity index (χ1n) is 9.86. The Labute approximate surface area is 182 Å². The van der Waals surface area contributed by atoms with Crippen molar-refractivity contribution in [1.82, 2.24) is 9.97 Å². The Morgan fingerprint density at radius 2 is 1.65 bits per heavy atom. The molecule has 0 atom stereocenters. The monoisotopic (exact) mass is 436 g/mol. The highest BCUT2D eigenvalue weighted by atomic mass is 32.2. The maximum absolute atomic E-state index is 12.7. The summed E-state index contributed by atoms with van der Waals surface area (Å²) in [7, 11) is -3.88. The van der Waals surface area contributed by atoms with E-state index < -0.39 is 10.0 Å². The van der Waals surface area contributed by atoms with Crippen LogP contribution in [0.25, 0.3) is 0 Å². The minimum atomic E-state index is -3.88. The van der Waals surface area contributed by atoms with Crippen LogP contribution in [0.1, 0.15) is 25.1 Å². The van der Waals surface area contributed by atoms with Gasteiger partial charge in [-0.3, -0.25) is 4.72 Å². The maximum Gasteiger partial charge on any atom is 0.263 e. The second-order valence-corrected chi connectivity index (χ2v) is 8.43. The topological polar surface area (TPSA) is 111 Å². The molecular weight excluding hydrogens is 412 g/mol. The van der Waals surface area contributed by atoms with E-state index in [0.717, 1.165) is 30.3 Å². The molecule has 160 valence electrons. The van der Waals surface area contributed by atoms with Crippen molar-refractivity contribution in [2.24, 2.45) is 0 Å². The van der Waals surface area contributed by atoms with E-state index in [1.54, 1.807) is 36.4 Å². The third-order valence-corrected chi connectivity index (χ3v) is 6.06. The lowest BCUT2D eigenvalue weighted by Crippen LogP contribution is -2.23. The van der Waals surface area contributed by atoms with Crippen molar-refractivity contribution < 1.29 is 8.42 Å². The number of rotatable bonds is 8. The summed E-state index contributed by atoms with van der Waals surface area (Å²) in [4.78, 5) is 11.1. The van der Waals surface area contributed by atoms with Crippen LogP contribution < -0.4 is 14.9 Å². The largest absolute Gasteiger partial charge is 0.357 e. The molecule has 0 saturated heterocycles. The number of benzene rings is 2. The van der Waals surface area contributed by atoms with E-state index in [1.807, 2.05) is 19.1 Å². The zero-order valence-electron chi connectivity index (χ0n) is 17.6. The van der Waals surface area contributed by atoms with Gasteiger partial charge in [0.15, 0.2) is 0 Å². The molecular formula is C22H24N6O2S. The molecule has 0 aliphatic rings. The summed E-state index contributed by atoms with van der Waals surface area (Å²) < 4.78 is 27.8. The van der Waals surface area contributed by atoms with Gasteiger partial charge in [-0.05, 0) is 57.2 Å². The van der Waals surface area contributed by atoms with Crippen LogP contribution in [0.5, 0.6) is 0 Å². The van der Waals surface area contributed by atoms with Crippen molar-refractivity contribution in [3.05, 3.63) is 65.9 Å². The molecule has 0 aliphatic heterocycles. The number of nitrogens with zero attached hydrogens (tertiary/aromatic N) is 4. The highest BCUT2D eigenvalue weighted by molar-refractivity contribution is 7.92. The summed E-state index contributed by atoms with van der Waals surface area (Å²) >= 11 is 0. The van der Waals surface area contributed by atoms with Crippen LogP contribution in [0.2, 0.25) is 0 Å².